The van der Waals surface area contributed by atoms with Crippen LogP contribution in [-0.4, -0.2) is 33.7 Å². The van der Waals surface area contributed by atoms with Crippen molar-refractivity contribution in [2.24, 2.45) is 5.10 Å². The SMILES string of the molecule is CCC1(C)NC(=O)N(N=Cc2c[nH]c3ccccc23)C1=O. The Balaban J connectivity index is 1.90. The van der Waals surface area contributed by atoms with Gasteiger partial charge in [-0.3, -0.25) is 4.79 Å². The maximum atomic E-state index is 12.2. The number of amides is 3. The highest BCUT2D eigenvalue weighted by atomic mass is 16.2. The van der Waals surface area contributed by atoms with Gasteiger partial charge in [-0.05, 0) is 19.4 Å². The molecule has 1 aromatic carbocycles. The Kier molecular flexibility index (Phi) is 3.01. The molecule has 0 bridgehead atoms. The number of aromatic amines is 1. The molecule has 1 aliphatic heterocycles. The second-order valence-corrected chi connectivity index (χ2v) is 5.27. The molecule has 6 heteroatoms. The summed E-state index contributed by atoms with van der Waals surface area (Å²) < 4.78 is 0. The Hall–Kier alpha value is -2.63. The number of carbonyl (C=O) groups is 2. The summed E-state index contributed by atoms with van der Waals surface area (Å²) in [5, 5.41) is 8.60. The molecule has 1 aromatic heterocycles. The van der Waals surface area contributed by atoms with Gasteiger partial charge in [0.15, 0.2) is 0 Å². The molecule has 1 aliphatic rings. The Morgan fingerprint density at radius 1 is 1.33 bits per heavy atom. The summed E-state index contributed by atoms with van der Waals surface area (Å²) in [5.41, 5.74) is 0.945. The second kappa shape index (κ2) is 4.73. The van der Waals surface area contributed by atoms with Crippen molar-refractivity contribution >= 4 is 29.1 Å². The summed E-state index contributed by atoms with van der Waals surface area (Å²) in [6.07, 6.45) is 3.85. The van der Waals surface area contributed by atoms with Crippen molar-refractivity contribution in [2.75, 3.05) is 0 Å². The number of hydrogen-bond acceptors (Lipinski definition) is 3. The minimum atomic E-state index is -0.866. The third-order valence-electron chi connectivity index (χ3n) is 3.88. The molecule has 6 nitrogen and oxygen atoms in total. The van der Waals surface area contributed by atoms with E-state index in [2.05, 4.69) is 15.4 Å². The van der Waals surface area contributed by atoms with Gasteiger partial charge in [-0.15, -0.1) is 5.01 Å². The summed E-state index contributed by atoms with van der Waals surface area (Å²) >= 11 is 0. The van der Waals surface area contributed by atoms with Gasteiger partial charge in [-0.25, -0.2) is 4.79 Å². The molecule has 21 heavy (non-hydrogen) atoms. The monoisotopic (exact) mass is 284 g/mol. The quantitative estimate of drug-likeness (QED) is 0.669. The average molecular weight is 284 g/mol. The number of nitrogens with one attached hydrogen (secondary N) is 2. The van der Waals surface area contributed by atoms with Crippen molar-refractivity contribution in [1.82, 2.24) is 15.3 Å². The molecule has 2 aromatic rings. The van der Waals surface area contributed by atoms with E-state index in [-0.39, 0.29) is 5.91 Å². The molecular weight excluding hydrogens is 268 g/mol. The number of carbonyl (C=O) groups excluding carboxylic acids is 2. The molecule has 0 spiro atoms. The molecule has 1 saturated heterocycles. The Labute approximate surface area is 121 Å². The van der Waals surface area contributed by atoms with Crippen LogP contribution in [0.1, 0.15) is 25.8 Å². The van der Waals surface area contributed by atoms with E-state index in [1.54, 1.807) is 13.1 Å². The summed E-state index contributed by atoms with van der Waals surface area (Å²) in [5.74, 6) is -0.328. The zero-order valence-electron chi connectivity index (χ0n) is 11.9. The van der Waals surface area contributed by atoms with Gasteiger partial charge >= 0.3 is 6.03 Å². The molecule has 1 unspecified atom stereocenters. The van der Waals surface area contributed by atoms with Gasteiger partial charge in [0.05, 0.1) is 6.21 Å². The molecule has 1 atom stereocenters. The predicted octanol–water partition coefficient (Wildman–Crippen LogP) is 2.22. The van der Waals surface area contributed by atoms with Crippen LogP contribution in [0.5, 0.6) is 0 Å². The highest BCUT2D eigenvalue weighted by Gasteiger charge is 2.46. The maximum absolute atomic E-state index is 12.2. The Bertz CT molecular complexity index is 749. The van der Waals surface area contributed by atoms with E-state index in [1.165, 1.54) is 6.21 Å². The van der Waals surface area contributed by atoms with E-state index in [0.717, 1.165) is 21.5 Å². The van der Waals surface area contributed by atoms with Crippen LogP contribution in [0.3, 0.4) is 0 Å². The van der Waals surface area contributed by atoms with Crippen LogP contribution >= 0.6 is 0 Å². The highest BCUT2D eigenvalue weighted by Crippen LogP contribution is 2.21. The first-order valence-corrected chi connectivity index (χ1v) is 6.82. The number of imide groups is 1. The molecule has 108 valence electrons. The largest absolute Gasteiger partial charge is 0.361 e. The number of rotatable bonds is 3. The summed E-state index contributed by atoms with van der Waals surface area (Å²) in [7, 11) is 0. The highest BCUT2D eigenvalue weighted by molar-refractivity contribution is 6.07. The van der Waals surface area contributed by atoms with Gasteiger partial charge in [0.25, 0.3) is 5.91 Å². The van der Waals surface area contributed by atoms with Crippen LogP contribution in [0, 0.1) is 0 Å². The molecule has 0 radical (unpaired) electrons. The van der Waals surface area contributed by atoms with Crippen molar-refractivity contribution in [3.05, 3.63) is 36.0 Å². The molecule has 0 saturated carbocycles. The minimum absolute atomic E-state index is 0.328. The number of benzene rings is 1. The number of fused-ring (bicyclic) bond motifs is 1. The van der Waals surface area contributed by atoms with Crippen LogP contribution in [-0.2, 0) is 4.79 Å². The molecule has 1 fully saturated rings. The molecular formula is C15H16N4O2. The molecule has 2 heterocycles. The lowest BCUT2D eigenvalue weighted by molar-refractivity contribution is -0.130. The number of urea groups is 1. The number of nitrogens with zero attached hydrogens (tertiary/aromatic N) is 2. The van der Waals surface area contributed by atoms with Crippen molar-refractivity contribution < 1.29 is 9.59 Å². The lowest BCUT2D eigenvalue weighted by atomic mass is 10.00. The summed E-state index contributed by atoms with van der Waals surface area (Å²) in [4.78, 5) is 27.2. The number of hydrazone groups is 1. The van der Waals surface area contributed by atoms with Gasteiger partial charge in [-0.1, -0.05) is 25.1 Å². The lowest BCUT2D eigenvalue weighted by Gasteiger charge is -2.17. The van der Waals surface area contributed by atoms with Crippen molar-refractivity contribution in [3.63, 3.8) is 0 Å². The fourth-order valence-electron chi connectivity index (χ4n) is 2.33. The van der Waals surface area contributed by atoms with E-state index in [1.807, 2.05) is 31.2 Å². The summed E-state index contributed by atoms with van der Waals surface area (Å²) in [6.45, 7) is 3.56. The third kappa shape index (κ3) is 2.08. The van der Waals surface area contributed by atoms with E-state index in [0.29, 0.717) is 6.42 Å². The van der Waals surface area contributed by atoms with Crippen molar-refractivity contribution in [1.29, 1.82) is 0 Å². The standard InChI is InChI=1S/C15H16N4O2/c1-3-15(2)13(20)19(14(21)18-15)17-9-10-8-16-12-7-5-4-6-11(10)12/h4-9,16H,3H2,1-2H3,(H,18,21). The zero-order chi connectivity index (χ0) is 15.0. The third-order valence-corrected chi connectivity index (χ3v) is 3.88. The van der Waals surface area contributed by atoms with Gasteiger partial charge in [0.1, 0.15) is 5.54 Å². The van der Waals surface area contributed by atoms with Crippen molar-refractivity contribution in [3.8, 4) is 0 Å². The first-order chi connectivity index (χ1) is 10.0. The Morgan fingerprint density at radius 3 is 2.81 bits per heavy atom. The number of hydrogen-bond donors (Lipinski definition) is 2. The van der Waals surface area contributed by atoms with Gasteiger partial charge < -0.3 is 10.3 Å². The van der Waals surface area contributed by atoms with Gasteiger partial charge in [0, 0.05) is 22.7 Å². The zero-order valence-corrected chi connectivity index (χ0v) is 11.9. The minimum Gasteiger partial charge on any atom is -0.361 e. The van der Waals surface area contributed by atoms with E-state index >= 15 is 0 Å². The number of H-pyrrole nitrogens is 1. The van der Waals surface area contributed by atoms with E-state index < -0.39 is 11.6 Å². The Morgan fingerprint density at radius 2 is 2.10 bits per heavy atom. The normalized spacial score (nSPS) is 22.5. The van der Waals surface area contributed by atoms with E-state index in [9.17, 15) is 9.59 Å². The van der Waals surface area contributed by atoms with Crippen LogP contribution in [0.4, 0.5) is 4.79 Å². The molecule has 0 aliphatic carbocycles. The lowest BCUT2D eigenvalue weighted by Crippen LogP contribution is -2.42. The summed E-state index contributed by atoms with van der Waals surface area (Å²) in [6, 6.07) is 7.28. The number of aromatic nitrogens is 1. The first-order valence-electron chi connectivity index (χ1n) is 6.82. The van der Waals surface area contributed by atoms with Crippen LogP contribution in [0.15, 0.2) is 35.6 Å². The topological polar surface area (TPSA) is 77.6 Å². The molecule has 2 N–H and O–H groups in total. The van der Waals surface area contributed by atoms with Gasteiger partial charge in [0.2, 0.25) is 0 Å². The van der Waals surface area contributed by atoms with Crippen LogP contribution < -0.4 is 5.32 Å². The second-order valence-electron chi connectivity index (χ2n) is 5.27. The first kappa shape index (κ1) is 13.4. The fourth-order valence-corrected chi connectivity index (χ4v) is 2.33. The van der Waals surface area contributed by atoms with Crippen LogP contribution in [0.2, 0.25) is 0 Å². The average Bonchev–Trinajstić information content (AvgIpc) is 2.98. The fraction of sp³-hybridized carbons (Fsp3) is 0.267. The molecule has 3 rings (SSSR count). The van der Waals surface area contributed by atoms with Crippen LogP contribution in [0.25, 0.3) is 10.9 Å². The number of para-hydroxylation sites is 1. The smallest absolute Gasteiger partial charge is 0.346 e. The maximum Gasteiger partial charge on any atom is 0.346 e. The van der Waals surface area contributed by atoms with Gasteiger partial charge in [-0.2, -0.15) is 5.10 Å². The predicted molar refractivity (Wildman–Crippen MR) is 80.0 cm³/mol. The van der Waals surface area contributed by atoms with E-state index in [4.69, 9.17) is 0 Å². The molecule has 3 amide bonds. The van der Waals surface area contributed by atoms with Crippen molar-refractivity contribution in [2.45, 2.75) is 25.8 Å².